The Morgan fingerprint density at radius 3 is 2.90 bits per heavy atom. The zero-order valence-electron chi connectivity index (χ0n) is 17.2. The molecule has 31 heavy (non-hydrogen) atoms. The van der Waals surface area contributed by atoms with E-state index in [0.29, 0.717) is 23.7 Å². The average molecular weight is 452 g/mol. The van der Waals surface area contributed by atoms with Crippen molar-refractivity contribution in [2.75, 3.05) is 19.6 Å². The fourth-order valence-corrected chi connectivity index (χ4v) is 5.07. The molecule has 2 aromatic rings. The minimum absolute atomic E-state index is 0.104. The molecule has 0 unspecified atom stereocenters. The van der Waals surface area contributed by atoms with Crippen molar-refractivity contribution in [2.45, 2.75) is 44.8 Å². The van der Waals surface area contributed by atoms with Gasteiger partial charge in [0.25, 0.3) is 6.43 Å². The molecule has 1 aliphatic carbocycles. The third-order valence-electron chi connectivity index (χ3n) is 6.65. The monoisotopic (exact) mass is 451 g/mol. The third-order valence-corrected chi connectivity index (χ3v) is 7.01. The summed E-state index contributed by atoms with van der Waals surface area (Å²) < 4.78 is 33.7. The lowest BCUT2D eigenvalue weighted by molar-refractivity contribution is -0.128. The smallest absolute Gasteiger partial charge is 0.282 e. The summed E-state index contributed by atoms with van der Waals surface area (Å²) in [6.07, 6.45) is 0.911. The van der Waals surface area contributed by atoms with E-state index in [9.17, 15) is 13.6 Å². The second kappa shape index (κ2) is 7.70. The van der Waals surface area contributed by atoms with Crippen LogP contribution in [0.5, 0.6) is 5.75 Å². The number of nitrogens with zero attached hydrogens (tertiary/aromatic N) is 4. The van der Waals surface area contributed by atoms with Crippen LogP contribution < -0.4 is 10.1 Å². The highest BCUT2D eigenvalue weighted by atomic mass is 35.5. The van der Waals surface area contributed by atoms with Crippen molar-refractivity contribution in [1.82, 2.24) is 25.2 Å². The van der Waals surface area contributed by atoms with E-state index in [1.54, 1.807) is 12.1 Å². The largest absolute Gasteiger partial charge is 0.487 e. The Labute approximate surface area is 183 Å². The SMILES string of the molecule is Cn1nnc(COc2ccc(Cl)c3c2[C@@H](CN2CC4(CC4)CC2=O)NCC3)c1C(F)F. The normalized spacial score (nSPS) is 21.8. The number of fused-ring (bicyclic) bond motifs is 1. The first kappa shape index (κ1) is 20.6. The van der Waals surface area contributed by atoms with Gasteiger partial charge in [-0.1, -0.05) is 16.8 Å². The summed E-state index contributed by atoms with van der Waals surface area (Å²) in [5.74, 6) is 0.757. The second-order valence-corrected chi connectivity index (χ2v) is 9.19. The van der Waals surface area contributed by atoms with Gasteiger partial charge in [0.1, 0.15) is 23.7 Å². The highest BCUT2D eigenvalue weighted by Crippen LogP contribution is 2.53. The van der Waals surface area contributed by atoms with Crippen molar-refractivity contribution < 1.29 is 18.3 Å². The van der Waals surface area contributed by atoms with Crippen LogP contribution in [0.15, 0.2) is 12.1 Å². The number of ether oxygens (including phenoxy) is 1. The molecule has 1 spiro atoms. The molecule has 5 rings (SSSR count). The van der Waals surface area contributed by atoms with E-state index in [1.165, 1.54) is 7.05 Å². The van der Waals surface area contributed by atoms with E-state index in [1.807, 2.05) is 4.90 Å². The lowest BCUT2D eigenvalue weighted by atomic mass is 9.92. The molecule has 3 heterocycles. The maximum Gasteiger partial charge on any atom is 0.282 e. The number of rotatable bonds is 6. The number of likely N-dealkylation sites (tertiary alicyclic amines) is 1. The van der Waals surface area contributed by atoms with Crippen molar-refractivity contribution in [3.8, 4) is 5.75 Å². The molecule has 0 bridgehead atoms. The van der Waals surface area contributed by atoms with E-state index in [2.05, 4.69) is 15.6 Å². The Kier molecular flexibility index (Phi) is 5.13. The average Bonchev–Trinajstić information content (AvgIpc) is 3.26. The van der Waals surface area contributed by atoms with Gasteiger partial charge in [0.05, 0.1) is 6.04 Å². The second-order valence-electron chi connectivity index (χ2n) is 8.78. The Morgan fingerprint density at radius 1 is 1.39 bits per heavy atom. The molecule has 1 saturated heterocycles. The summed E-state index contributed by atoms with van der Waals surface area (Å²) in [5.41, 5.74) is 1.91. The first-order chi connectivity index (χ1) is 14.9. The first-order valence-corrected chi connectivity index (χ1v) is 10.9. The summed E-state index contributed by atoms with van der Waals surface area (Å²) in [7, 11) is 1.43. The fourth-order valence-electron chi connectivity index (χ4n) is 4.81. The fraction of sp³-hybridized carbons (Fsp3) is 0.571. The molecule has 7 nitrogen and oxygen atoms in total. The molecule has 2 fully saturated rings. The van der Waals surface area contributed by atoms with Gasteiger partial charge in [0.2, 0.25) is 5.91 Å². The van der Waals surface area contributed by atoms with Gasteiger partial charge >= 0.3 is 0 Å². The number of aromatic nitrogens is 3. The number of aryl methyl sites for hydroxylation is 1. The van der Waals surface area contributed by atoms with Crippen molar-refractivity contribution >= 4 is 17.5 Å². The van der Waals surface area contributed by atoms with Gasteiger partial charge < -0.3 is 15.0 Å². The van der Waals surface area contributed by atoms with Gasteiger partial charge in [-0.05, 0) is 48.9 Å². The maximum atomic E-state index is 13.3. The first-order valence-electron chi connectivity index (χ1n) is 10.5. The highest BCUT2D eigenvalue weighted by molar-refractivity contribution is 6.31. The molecule has 166 valence electrons. The van der Waals surface area contributed by atoms with Crippen LogP contribution >= 0.6 is 11.6 Å². The molecule has 2 aliphatic heterocycles. The molecule has 1 N–H and O–H groups in total. The standard InChI is InChI=1S/C21H24ClF2N5O2/c1-28-19(20(23)24)15(26-27-28)10-31-16-3-2-13(22)12-4-7-25-14(18(12)16)9-29-11-21(5-6-21)8-17(29)30/h2-3,14,20,25H,4-11H2,1H3/t14-/m1/s1. The zero-order valence-corrected chi connectivity index (χ0v) is 18.0. The van der Waals surface area contributed by atoms with Crippen LogP contribution in [0.1, 0.15) is 54.2 Å². The van der Waals surface area contributed by atoms with Crippen LogP contribution in [0.2, 0.25) is 5.02 Å². The van der Waals surface area contributed by atoms with E-state index in [4.69, 9.17) is 16.3 Å². The molecular formula is C21H24ClF2N5O2. The Hall–Kier alpha value is -2.26. The van der Waals surface area contributed by atoms with E-state index < -0.39 is 6.43 Å². The topological polar surface area (TPSA) is 72.3 Å². The van der Waals surface area contributed by atoms with Gasteiger partial charge in [-0.25, -0.2) is 13.5 Å². The lowest BCUT2D eigenvalue weighted by Gasteiger charge is -2.32. The zero-order chi connectivity index (χ0) is 21.8. The molecule has 1 saturated carbocycles. The molecule has 1 amide bonds. The van der Waals surface area contributed by atoms with E-state index in [-0.39, 0.29) is 35.4 Å². The molecular weight excluding hydrogens is 428 g/mol. The third kappa shape index (κ3) is 3.78. The van der Waals surface area contributed by atoms with Crippen LogP contribution in [-0.4, -0.2) is 45.4 Å². The lowest BCUT2D eigenvalue weighted by Crippen LogP contribution is -2.40. The molecule has 1 atom stereocenters. The van der Waals surface area contributed by atoms with Gasteiger partial charge in [0, 0.05) is 37.1 Å². The number of alkyl halides is 2. The van der Waals surface area contributed by atoms with Crippen LogP contribution in [0.25, 0.3) is 0 Å². The van der Waals surface area contributed by atoms with Gasteiger partial charge in [-0.2, -0.15) is 0 Å². The van der Waals surface area contributed by atoms with Crippen LogP contribution in [-0.2, 0) is 24.9 Å². The van der Waals surface area contributed by atoms with Crippen molar-refractivity contribution in [3.05, 3.63) is 39.7 Å². The molecule has 10 heteroatoms. The number of halogens is 3. The van der Waals surface area contributed by atoms with Crippen LogP contribution in [0.4, 0.5) is 8.78 Å². The maximum absolute atomic E-state index is 13.3. The van der Waals surface area contributed by atoms with Crippen molar-refractivity contribution in [3.63, 3.8) is 0 Å². The van der Waals surface area contributed by atoms with Crippen LogP contribution in [0.3, 0.4) is 0 Å². The quantitative estimate of drug-likeness (QED) is 0.730. The van der Waals surface area contributed by atoms with E-state index in [0.717, 1.165) is 48.2 Å². The number of hydrogen-bond donors (Lipinski definition) is 1. The molecule has 1 aromatic heterocycles. The number of benzene rings is 1. The predicted octanol–water partition coefficient (Wildman–Crippen LogP) is 3.18. The minimum atomic E-state index is -2.69. The summed E-state index contributed by atoms with van der Waals surface area (Å²) in [6.45, 7) is 1.96. The summed E-state index contributed by atoms with van der Waals surface area (Å²) >= 11 is 6.48. The number of carbonyl (C=O) groups is 1. The molecule has 0 radical (unpaired) electrons. The molecule has 3 aliphatic rings. The van der Waals surface area contributed by atoms with E-state index >= 15 is 0 Å². The van der Waals surface area contributed by atoms with Crippen LogP contribution in [0, 0.1) is 5.41 Å². The van der Waals surface area contributed by atoms with Crippen molar-refractivity contribution in [2.24, 2.45) is 12.5 Å². The number of amides is 1. The van der Waals surface area contributed by atoms with Gasteiger partial charge in [0.15, 0.2) is 0 Å². The van der Waals surface area contributed by atoms with Crippen molar-refractivity contribution in [1.29, 1.82) is 0 Å². The number of carbonyl (C=O) groups excluding carboxylic acids is 1. The predicted molar refractivity (Wildman–Crippen MR) is 109 cm³/mol. The Morgan fingerprint density at radius 2 is 2.19 bits per heavy atom. The summed E-state index contributed by atoms with van der Waals surface area (Å²) in [5, 5.41) is 11.7. The summed E-state index contributed by atoms with van der Waals surface area (Å²) in [4.78, 5) is 14.5. The highest BCUT2D eigenvalue weighted by Gasteiger charge is 2.52. The number of nitrogens with one attached hydrogen (secondary N) is 1. The summed E-state index contributed by atoms with van der Waals surface area (Å²) in [6, 6.07) is 3.39. The van der Waals surface area contributed by atoms with Gasteiger partial charge in [-0.3, -0.25) is 4.79 Å². The molecule has 1 aromatic carbocycles. The Balaban J connectivity index is 1.40. The van der Waals surface area contributed by atoms with Gasteiger partial charge in [-0.15, -0.1) is 5.10 Å². The number of hydrogen-bond acceptors (Lipinski definition) is 5. The Bertz CT molecular complexity index is 1020. The minimum Gasteiger partial charge on any atom is -0.487 e.